The predicted octanol–water partition coefficient (Wildman–Crippen LogP) is 6.76. The fraction of sp³-hybridized carbons (Fsp3) is 0.355. The lowest BCUT2D eigenvalue weighted by Gasteiger charge is -2.32. The van der Waals surface area contributed by atoms with Crippen molar-refractivity contribution in [3.05, 3.63) is 88.2 Å². The highest BCUT2D eigenvalue weighted by atomic mass is 32.2. The van der Waals surface area contributed by atoms with Gasteiger partial charge in [0.2, 0.25) is 11.7 Å². The molecule has 1 fully saturated rings. The second-order valence-corrected chi connectivity index (χ2v) is 11.7. The van der Waals surface area contributed by atoms with Gasteiger partial charge < -0.3 is 20.2 Å². The molecule has 7 nitrogen and oxygen atoms in total. The maximum Gasteiger partial charge on any atom is 0.339 e. The van der Waals surface area contributed by atoms with Crippen molar-refractivity contribution in [3.8, 4) is 5.75 Å². The third kappa shape index (κ3) is 7.16. The van der Waals surface area contributed by atoms with Crippen LogP contribution in [0.3, 0.4) is 0 Å². The third-order valence-corrected chi connectivity index (χ3v) is 8.80. The van der Waals surface area contributed by atoms with Crippen LogP contribution in [0.25, 0.3) is 0 Å². The summed E-state index contributed by atoms with van der Waals surface area (Å²) in [5, 5.41) is 29.4. The summed E-state index contributed by atoms with van der Waals surface area (Å²) in [6, 6.07) is 9.73. The molecule has 1 aliphatic carbocycles. The van der Waals surface area contributed by atoms with E-state index in [1.54, 1.807) is 0 Å². The Kier molecular flexibility index (Phi) is 10.9. The Balaban J connectivity index is 1.68. The van der Waals surface area contributed by atoms with Gasteiger partial charge in [-0.3, -0.25) is 4.79 Å². The highest BCUT2D eigenvalue weighted by Gasteiger charge is 2.33. The number of halogens is 5. The zero-order valence-corrected chi connectivity index (χ0v) is 24.5. The van der Waals surface area contributed by atoms with E-state index in [1.807, 2.05) is 24.3 Å². The van der Waals surface area contributed by atoms with Gasteiger partial charge in [-0.2, -0.15) is 0 Å². The van der Waals surface area contributed by atoms with Crippen LogP contribution < -0.4 is 4.90 Å². The van der Waals surface area contributed by atoms with Gasteiger partial charge in [-0.1, -0.05) is 43.5 Å². The molecule has 13 heteroatoms. The van der Waals surface area contributed by atoms with Crippen LogP contribution in [0.15, 0.2) is 47.4 Å². The van der Waals surface area contributed by atoms with Crippen LogP contribution >= 0.6 is 11.9 Å². The Hall–Kier alpha value is -3.68. The molecule has 0 aliphatic heterocycles. The molecule has 1 aliphatic rings. The van der Waals surface area contributed by atoms with Crippen LogP contribution in [0.1, 0.15) is 65.9 Å². The first-order chi connectivity index (χ1) is 20.9. The summed E-state index contributed by atoms with van der Waals surface area (Å²) >= 11 is 0.107. The highest BCUT2D eigenvalue weighted by Crippen LogP contribution is 2.36. The average molecular weight is 639 g/mol. The van der Waals surface area contributed by atoms with E-state index < -0.39 is 69.8 Å². The molecule has 0 saturated heterocycles. The van der Waals surface area contributed by atoms with E-state index >= 15 is 0 Å². The molecule has 3 aromatic rings. The number of aliphatic hydroxyl groups excluding tert-OH is 1. The standard InChI is InChI=1S/C31H31F5N2O5S/c1-37(44-29-27(35)25(33)24(32)26(34)28(29)36)22(13-14-39)30(41)38(20-11-12-21(31(42)43)23(40)15-20)16-17-7-9-19(10-8-17)18-5-3-2-4-6-18/h7-12,15,18,22,39-40H,2-6,13-14,16H2,1H3,(H,42,43). The molecule has 0 aromatic heterocycles. The highest BCUT2D eigenvalue weighted by molar-refractivity contribution is 7.97. The molecule has 1 saturated carbocycles. The number of nitrogens with zero attached hydrogens (tertiary/aromatic N) is 2. The zero-order valence-electron chi connectivity index (χ0n) is 23.7. The monoisotopic (exact) mass is 638 g/mol. The van der Waals surface area contributed by atoms with Gasteiger partial charge >= 0.3 is 5.97 Å². The fourth-order valence-corrected chi connectivity index (χ4v) is 6.26. The first kappa shape index (κ1) is 33.2. The fourth-order valence-electron chi connectivity index (χ4n) is 5.31. The van der Waals surface area contributed by atoms with Gasteiger partial charge in [0.25, 0.3) is 0 Å². The molecule has 0 bridgehead atoms. The number of phenols is 1. The average Bonchev–Trinajstić information content (AvgIpc) is 3.02. The second kappa shape index (κ2) is 14.4. The normalized spacial score (nSPS) is 14.5. The molecule has 0 radical (unpaired) electrons. The number of aliphatic hydroxyl groups is 1. The SMILES string of the molecule is CN(Sc1c(F)c(F)c(F)c(F)c1F)C(CCO)C(=O)N(Cc1ccc(C2CCCCC2)cc1)c1ccc(C(=O)O)c(O)c1. The van der Waals surface area contributed by atoms with E-state index in [2.05, 4.69) is 0 Å². The van der Waals surface area contributed by atoms with E-state index in [0.717, 1.165) is 47.7 Å². The number of rotatable bonds is 11. The van der Waals surface area contributed by atoms with E-state index in [-0.39, 0.29) is 30.6 Å². The number of anilines is 1. The summed E-state index contributed by atoms with van der Waals surface area (Å²) in [5.74, 6) is -13.1. The third-order valence-electron chi connectivity index (χ3n) is 7.72. The van der Waals surface area contributed by atoms with Gasteiger partial charge in [-0.15, -0.1) is 0 Å². The largest absolute Gasteiger partial charge is 0.507 e. The van der Waals surface area contributed by atoms with E-state index in [0.29, 0.717) is 11.5 Å². The minimum atomic E-state index is -2.32. The number of carboxylic acid groups (broad SMARTS) is 1. The van der Waals surface area contributed by atoms with Crippen molar-refractivity contribution in [2.24, 2.45) is 0 Å². The summed E-state index contributed by atoms with van der Waals surface area (Å²) in [7, 11) is 1.20. The zero-order chi connectivity index (χ0) is 32.1. The van der Waals surface area contributed by atoms with Gasteiger partial charge in [-0.25, -0.2) is 31.1 Å². The van der Waals surface area contributed by atoms with Crippen LogP contribution in [0, 0.1) is 29.1 Å². The van der Waals surface area contributed by atoms with E-state index in [4.69, 9.17) is 0 Å². The molecular weight excluding hydrogens is 607 g/mol. The molecule has 1 unspecified atom stereocenters. The lowest BCUT2D eigenvalue weighted by atomic mass is 9.84. The molecule has 1 amide bonds. The van der Waals surface area contributed by atoms with Crippen LogP contribution in [0.2, 0.25) is 0 Å². The van der Waals surface area contributed by atoms with E-state index in [1.165, 1.54) is 24.4 Å². The van der Waals surface area contributed by atoms with Gasteiger partial charge in [0, 0.05) is 18.4 Å². The number of aromatic carboxylic acids is 1. The van der Waals surface area contributed by atoms with Crippen molar-refractivity contribution < 1.29 is 46.9 Å². The maximum absolute atomic E-state index is 14.4. The summed E-state index contributed by atoms with van der Waals surface area (Å²) in [5.41, 5.74) is 1.49. The molecular formula is C31H31F5N2O5S. The van der Waals surface area contributed by atoms with Crippen molar-refractivity contribution in [1.29, 1.82) is 0 Å². The van der Waals surface area contributed by atoms with E-state index in [9.17, 15) is 46.9 Å². The molecule has 236 valence electrons. The van der Waals surface area contributed by atoms with Gasteiger partial charge in [-0.05, 0) is 67.4 Å². The molecule has 3 aromatic carbocycles. The summed E-state index contributed by atoms with van der Waals surface area (Å²) < 4.78 is 71.2. The second-order valence-electron chi connectivity index (χ2n) is 10.6. The van der Waals surface area contributed by atoms with Crippen LogP contribution in [0.5, 0.6) is 5.75 Å². The number of carbonyl (C=O) groups is 2. The van der Waals surface area contributed by atoms with Crippen molar-refractivity contribution >= 4 is 29.5 Å². The Morgan fingerprint density at radius 1 is 0.909 bits per heavy atom. The maximum atomic E-state index is 14.4. The van der Waals surface area contributed by atoms with Gasteiger partial charge in [0.05, 0.1) is 6.54 Å². The summed E-state index contributed by atoms with van der Waals surface area (Å²) in [4.78, 5) is 25.5. The molecule has 1 atom stereocenters. The number of aromatic hydroxyl groups is 1. The number of benzene rings is 3. The van der Waals surface area contributed by atoms with Crippen LogP contribution in [-0.4, -0.2) is 51.2 Å². The van der Waals surface area contributed by atoms with Crippen molar-refractivity contribution in [2.75, 3.05) is 18.6 Å². The number of hydrogen-bond donors (Lipinski definition) is 3. The molecule has 0 spiro atoms. The number of likely N-dealkylation sites (N-methyl/N-ethyl adjacent to an activating group) is 1. The van der Waals surface area contributed by atoms with Crippen molar-refractivity contribution in [2.45, 2.75) is 61.9 Å². The van der Waals surface area contributed by atoms with Crippen molar-refractivity contribution in [3.63, 3.8) is 0 Å². The number of amides is 1. The predicted molar refractivity (Wildman–Crippen MR) is 154 cm³/mol. The minimum Gasteiger partial charge on any atom is -0.507 e. The Labute approximate surface area is 255 Å². The Morgan fingerprint density at radius 2 is 1.50 bits per heavy atom. The summed E-state index contributed by atoms with van der Waals surface area (Å²) in [6.45, 7) is -0.663. The van der Waals surface area contributed by atoms with Crippen LogP contribution in [0.4, 0.5) is 27.6 Å². The quantitative estimate of drug-likeness (QED) is 0.0924. The number of carboxylic acids is 1. The Bertz CT molecular complexity index is 1490. The van der Waals surface area contributed by atoms with Crippen LogP contribution in [-0.2, 0) is 11.3 Å². The molecule has 3 N–H and O–H groups in total. The van der Waals surface area contributed by atoms with Gasteiger partial charge in [0.1, 0.15) is 22.3 Å². The number of hydrogen-bond acceptors (Lipinski definition) is 6. The van der Waals surface area contributed by atoms with Crippen molar-refractivity contribution in [1.82, 2.24) is 4.31 Å². The lowest BCUT2D eigenvalue weighted by Crippen LogP contribution is -2.45. The Morgan fingerprint density at radius 3 is 2.05 bits per heavy atom. The summed E-state index contributed by atoms with van der Waals surface area (Å²) in [6.07, 6.45) is 5.35. The topological polar surface area (TPSA) is 101 Å². The molecule has 44 heavy (non-hydrogen) atoms. The molecule has 4 rings (SSSR count). The first-order valence-electron chi connectivity index (χ1n) is 13.9. The smallest absolute Gasteiger partial charge is 0.339 e. The van der Waals surface area contributed by atoms with Gasteiger partial charge in [0.15, 0.2) is 23.3 Å². The number of carbonyl (C=O) groups excluding carboxylic acids is 1. The molecule has 0 heterocycles. The lowest BCUT2D eigenvalue weighted by molar-refractivity contribution is -0.122. The first-order valence-corrected chi connectivity index (χ1v) is 14.7. The minimum absolute atomic E-state index is 0.0754.